The Bertz CT molecular complexity index is 261. The van der Waals surface area contributed by atoms with Crippen LogP contribution < -0.4 is 0 Å². The van der Waals surface area contributed by atoms with Crippen molar-refractivity contribution in [1.29, 1.82) is 0 Å². The lowest BCUT2D eigenvalue weighted by Gasteiger charge is -2.12. The summed E-state index contributed by atoms with van der Waals surface area (Å²) in [6.07, 6.45) is 7.38. The lowest BCUT2D eigenvalue weighted by Crippen LogP contribution is -2.12. The first-order valence-electron chi connectivity index (χ1n) is 7.40. The predicted molar refractivity (Wildman–Crippen MR) is 81.2 cm³/mol. The summed E-state index contributed by atoms with van der Waals surface area (Å²) < 4.78 is 5.10. The summed E-state index contributed by atoms with van der Waals surface area (Å²) >= 11 is 0. The van der Waals surface area contributed by atoms with Crippen molar-refractivity contribution in [1.82, 2.24) is 4.90 Å². The molecule has 0 aromatic carbocycles. The van der Waals surface area contributed by atoms with E-state index in [1.54, 1.807) is 6.92 Å². The van der Waals surface area contributed by atoms with E-state index >= 15 is 0 Å². The molecule has 0 radical (unpaired) electrons. The molecular formula is C16H31NO2. The van der Waals surface area contributed by atoms with E-state index in [0.29, 0.717) is 18.1 Å². The van der Waals surface area contributed by atoms with Crippen molar-refractivity contribution in [3.05, 3.63) is 12.2 Å². The lowest BCUT2D eigenvalue weighted by molar-refractivity contribution is -0.139. The van der Waals surface area contributed by atoms with E-state index in [9.17, 15) is 4.79 Å². The highest BCUT2D eigenvalue weighted by molar-refractivity contribution is 5.86. The minimum Gasteiger partial charge on any atom is -0.462 e. The smallest absolute Gasteiger partial charge is 0.333 e. The Labute approximate surface area is 119 Å². The van der Waals surface area contributed by atoms with Gasteiger partial charge in [0.2, 0.25) is 0 Å². The average Bonchev–Trinajstić information content (AvgIpc) is 2.32. The third kappa shape index (κ3) is 12.0. The van der Waals surface area contributed by atoms with Crippen LogP contribution in [0, 0.1) is 5.92 Å². The van der Waals surface area contributed by atoms with Crippen LogP contribution in [0.1, 0.15) is 52.4 Å². The van der Waals surface area contributed by atoms with Crippen molar-refractivity contribution in [2.24, 2.45) is 5.92 Å². The molecule has 112 valence electrons. The van der Waals surface area contributed by atoms with Crippen LogP contribution in [0.4, 0.5) is 0 Å². The molecule has 0 saturated heterocycles. The highest BCUT2D eigenvalue weighted by Crippen LogP contribution is 2.14. The van der Waals surface area contributed by atoms with Gasteiger partial charge in [-0.2, -0.15) is 0 Å². The maximum Gasteiger partial charge on any atom is 0.333 e. The summed E-state index contributed by atoms with van der Waals surface area (Å²) in [6.45, 7) is 9.18. The van der Waals surface area contributed by atoms with Gasteiger partial charge in [-0.25, -0.2) is 4.79 Å². The maximum atomic E-state index is 11.2. The van der Waals surface area contributed by atoms with Crippen molar-refractivity contribution in [2.75, 3.05) is 27.2 Å². The van der Waals surface area contributed by atoms with Crippen LogP contribution in [0.5, 0.6) is 0 Å². The topological polar surface area (TPSA) is 29.5 Å². The first-order chi connectivity index (χ1) is 8.93. The van der Waals surface area contributed by atoms with E-state index in [1.807, 2.05) is 0 Å². The fourth-order valence-electron chi connectivity index (χ4n) is 1.89. The molecule has 0 amide bonds. The molecule has 1 atom stereocenters. The van der Waals surface area contributed by atoms with E-state index in [4.69, 9.17) is 4.74 Å². The average molecular weight is 269 g/mol. The number of ether oxygens (including phenoxy) is 1. The van der Waals surface area contributed by atoms with Gasteiger partial charge in [-0.15, -0.1) is 0 Å². The lowest BCUT2D eigenvalue weighted by atomic mass is 10.00. The largest absolute Gasteiger partial charge is 0.462 e. The van der Waals surface area contributed by atoms with Gasteiger partial charge in [-0.05, 0) is 46.3 Å². The van der Waals surface area contributed by atoms with Gasteiger partial charge >= 0.3 is 5.97 Å². The number of esters is 1. The van der Waals surface area contributed by atoms with Gasteiger partial charge in [-0.1, -0.05) is 39.2 Å². The molecule has 3 nitrogen and oxygen atoms in total. The second-order valence-corrected chi connectivity index (χ2v) is 5.82. The monoisotopic (exact) mass is 269 g/mol. The first kappa shape index (κ1) is 18.2. The standard InChI is InChI=1S/C16H31NO2/c1-14(2)16(18)19-13-11-15(3)10-8-6-7-9-12-17(4)5/h15H,1,6-13H2,2-5H3. The van der Waals surface area contributed by atoms with Gasteiger partial charge in [0.1, 0.15) is 0 Å². The second kappa shape index (κ2) is 11.0. The molecule has 1 unspecified atom stereocenters. The minimum absolute atomic E-state index is 0.268. The molecule has 0 fully saturated rings. The minimum atomic E-state index is -0.268. The van der Waals surface area contributed by atoms with Crippen molar-refractivity contribution < 1.29 is 9.53 Å². The number of hydrogen-bond donors (Lipinski definition) is 0. The molecule has 0 saturated carbocycles. The Kier molecular flexibility index (Phi) is 10.6. The first-order valence-corrected chi connectivity index (χ1v) is 7.40. The summed E-state index contributed by atoms with van der Waals surface area (Å²) in [5.41, 5.74) is 0.480. The molecule has 0 rings (SSSR count). The van der Waals surface area contributed by atoms with Crippen LogP contribution in [0.2, 0.25) is 0 Å². The molecule has 19 heavy (non-hydrogen) atoms. The second-order valence-electron chi connectivity index (χ2n) is 5.82. The zero-order chi connectivity index (χ0) is 14.7. The Balaban J connectivity index is 3.37. The summed E-state index contributed by atoms with van der Waals surface area (Å²) in [5.74, 6) is 0.364. The van der Waals surface area contributed by atoms with Gasteiger partial charge in [0.15, 0.2) is 0 Å². The van der Waals surface area contributed by atoms with E-state index in [2.05, 4.69) is 32.5 Å². The van der Waals surface area contributed by atoms with Crippen LogP contribution in [-0.2, 0) is 9.53 Å². The van der Waals surface area contributed by atoms with Crippen molar-refractivity contribution >= 4 is 5.97 Å². The number of rotatable bonds is 11. The highest BCUT2D eigenvalue weighted by atomic mass is 16.5. The van der Waals surface area contributed by atoms with E-state index in [1.165, 1.54) is 38.6 Å². The van der Waals surface area contributed by atoms with Gasteiger partial charge in [0, 0.05) is 5.57 Å². The summed E-state index contributed by atoms with van der Waals surface area (Å²) in [7, 11) is 4.24. The van der Waals surface area contributed by atoms with Gasteiger partial charge in [0.05, 0.1) is 6.61 Å². The van der Waals surface area contributed by atoms with Crippen LogP contribution in [-0.4, -0.2) is 38.1 Å². The molecule has 0 heterocycles. The quantitative estimate of drug-likeness (QED) is 0.326. The summed E-state index contributed by atoms with van der Waals surface area (Å²) in [5, 5.41) is 0. The zero-order valence-corrected chi connectivity index (χ0v) is 13.2. The van der Waals surface area contributed by atoms with Gasteiger partial charge in [0.25, 0.3) is 0 Å². The molecule has 0 aromatic rings. The highest BCUT2D eigenvalue weighted by Gasteiger charge is 2.06. The molecule has 0 aliphatic carbocycles. The Hall–Kier alpha value is -0.830. The molecule has 0 aromatic heterocycles. The van der Waals surface area contributed by atoms with Crippen LogP contribution in [0.25, 0.3) is 0 Å². The molecular weight excluding hydrogens is 238 g/mol. The van der Waals surface area contributed by atoms with E-state index < -0.39 is 0 Å². The molecule has 3 heteroatoms. The number of nitrogens with zero attached hydrogens (tertiary/aromatic N) is 1. The van der Waals surface area contributed by atoms with E-state index in [0.717, 1.165) is 6.42 Å². The maximum absolute atomic E-state index is 11.2. The molecule has 0 aliphatic rings. The summed E-state index contributed by atoms with van der Waals surface area (Å²) in [6, 6.07) is 0. The fourth-order valence-corrected chi connectivity index (χ4v) is 1.89. The predicted octanol–water partition coefficient (Wildman–Crippen LogP) is 3.64. The number of carbonyl (C=O) groups is 1. The number of hydrogen-bond acceptors (Lipinski definition) is 3. The van der Waals surface area contributed by atoms with Gasteiger partial charge < -0.3 is 9.64 Å². The third-order valence-electron chi connectivity index (χ3n) is 3.24. The van der Waals surface area contributed by atoms with Crippen molar-refractivity contribution in [2.45, 2.75) is 52.4 Å². The molecule has 0 aliphatic heterocycles. The Morgan fingerprint density at radius 1 is 1.16 bits per heavy atom. The zero-order valence-electron chi connectivity index (χ0n) is 13.2. The molecule has 0 N–H and O–H groups in total. The van der Waals surface area contributed by atoms with Crippen LogP contribution in [0.15, 0.2) is 12.2 Å². The normalized spacial score (nSPS) is 12.5. The molecule has 0 bridgehead atoms. The van der Waals surface area contributed by atoms with Crippen molar-refractivity contribution in [3.63, 3.8) is 0 Å². The number of carbonyl (C=O) groups excluding carboxylic acids is 1. The Morgan fingerprint density at radius 3 is 2.37 bits per heavy atom. The molecule has 0 spiro atoms. The Morgan fingerprint density at radius 2 is 1.79 bits per heavy atom. The number of unbranched alkanes of at least 4 members (excludes halogenated alkanes) is 3. The SMILES string of the molecule is C=C(C)C(=O)OCCC(C)CCCCCCN(C)C. The third-order valence-corrected chi connectivity index (χ3v) is 3.24. The van der Waals surface area contributed by atoms with Gasteiger partial charge in [-0.3, -0.25) is 0 Å². The summed E-state index contributed by atoms with van der Waals surface area (Å²) in [4.78, 5) is 13.4. The fraction of sp³-hybridized carbons (Fsp3) is 0.812. The van der Waals surface area contributed by atoms with Crippen molar-refractivity contribution in [3.8, 4) is 0 Å². The van der Waals surface area contributed by atoms with Crippen LogP contribution >= 0.6 is 0 Å². The van der Waals surface area contributed by atoms with E-state index in [-0.39, 0.29) is 5.97 Å². The van der Waals surface area contributed by atoms with Crippen LogP contribution in [0.3, 0.4) is 0 Å².